The van der Waals surface area contributed by atoms with Gasteiger partial charge in [-0.2, -0.15) is 5.10 Å². The monoisotopic (exact) mass is 306 g/mol. The largest absolute Gasteiger partial charge is 0.455 e. The van der Waals surface area contributed by atoms with Crippen molar-refractivity contribution in [3.8, 4) is 0 Å². The molecule has 0 saturated heterocycles. The van der Waals surface area contributed by atoms with Gasteiger partial charge in [-0.3, -0.25) is 9.48 Å². The summed E-state index contributed by atoms with van der Waals surface area (Å²) in [5.74, 6) is -1.57. The minimum absolute atomic E-state index is 0.00346. The summed E-state index contributed by atoms with van der Waals surface area (Å²) in [5, 5.41) is 4.66. The summed E-state index contributed by atoms with van der Waals surface area (Å²) in [5.41, 5.74) is 2.17. The van der Waals surface area contributed by atoms with Crippen LogP contribution in [-0.4, -0.2) is 21.5 Å². The Labute approximate surface area is 127 Å². The Morgan fingerprint density at radius 1 is 1.33 bits per heavy atom. The number of esters is 1. The van der Waals surface area contributed by atoms with Crippen LogP contribution in [0.3, 0.4) is 0 Å². The van der Waals surface area contributed by atoms with E-state index in [4.69, 9.17) is 16.3 Å². The van der Waals surface area contributed by atoms with E-state index in [2.05, 4.69) is 5.10 Å². The van der Waals surface area contributed by atoms with Gasteiger partial charge in [-0.1, -0.05) is 23.7 Å². The first kappa shape index (κ1) is 15.3. The smallest absolute Gasteiger partial charge is 0.380 e. The minimum atomic E-state index is -0.894. The molecule has 0 spiro atoms. The zero-order valence-electron chi connectivity index (χ0n) is 12.0. The van der Waals surface area contributed by atoms with E-state index in [-0.39, 0.29) is 6.61 Å². The Bertz CT molecular complexity index is 707. The third-order valence-corrected chi connectivity index (χ3v) is 3.42. The van der Waals surface area contributed by atoms with Crippen molar-refractivity contribution in [1.29, 1.82) is 0 Å². The van der Waals surface area contributed by atoms with Gasteiger partial charge in [0.05, 0.1) is 11.3 Å². The molecule has 1 heterocycles. The molecule has 0 bridgehead atoms. The number of halogens is 1. The first-order chi connectivity index (χ1) is 9.90. The van der Waals surface area contributed by atoms with Crippen molar-refractivity contribution in [2.75, 3.05) is 0 Å². The van der Waals surface area contributed by atoms with Crippen LogP contribution in [0.15, 0.2) is 24.3 Å². The number of aromatic nitrogens is 2. The third kappa shape index (κ3) is 3.31. The molecular formula is C15H15ClN2O3. The van der Waals surface area contributed by atoms with Crippen LogP contribution in [0.25, 0.3) is 0 Å². The second-order valence-electron chi connectivity index (χ2n) is 4.70. The molecular weight excluding hydrogens is 292 g/mol. The molecule has 0 unspecified atom stereocenters. The van der Waals surface area contributed by atoms with Gasteiger partial charge in [0.25, 0.3) is 5.78 Å². The van der Waals surface area contributed by atoms with Gasteiger partial charge in [0.15, 0.2) is 0 Å². The predicted molar refractivity (Wildman–Crippen MR) is 78.3 cm³/mol. The summed E-state index contributed by atoms with van der Waals surface area (Å²) in [6.45, 7) is 3.42. The number of ketones is 1. The van der Waals surface area contributed by atoms with Gasteiger partial charge in [0.1, 0.15) is 6.61 Å². The molecule has 0 radical (unpaired) electrons. The third-order valence-electron chi connectivity index (χ3n) is 3.18. The highest BCUT2D eigenvalue weighted by Gasteiger charge is 2.25. The summed E-state index contributed by atoms with van der Waals surface area (Å²) in [4.78, 5) is 24.0. The molecule has 21 heavy (non-hydrogen) atoms. The van der Waals surface area contributed by atoms with Crippen LogP contribution < -0.4 is 0 Å². The molecule has 0 fully saturated rings. The maximum absolute atomic E-state index is 12.1. The van der Waals surface area contributed by atoms with Gasteiger partial charge in [-0.25, -0.2) is 4.79 Å². The summed E-state index contributed by atoms with van der Waals surface area (Å²) in [6, 6.07) is 6.92. The number of benzene rings is 1. The number of ether oxygens (including phenoxy) is 1. The summed E-state index contributed by atoms with van der Waals surface area (Å²) < 4.78 is 6.60. The van der Waals surface area contributed by atoms with Crippen molar-refractivity contribution >= 4 is 23.4 Å². The molecule has 2 aromatic rings. The van der Waals surface area contributed by atoms with Crippen molar-refractivity contribution in [2.24, 2.45) is 7.05 Å². The van der Waals surface area contributed by atoms with Gasteiger partial charge >= 0.3 is 5.97 Å². The number of nitrogens with zero attached hydrogens (tertiary/aromatic N) is 2. The number of rotatable bonds is 4. The molecule has 0 atom stereocenters. The van der Waals surface area contributed by atoms with Crippen molar-refractivity contribution in [1.82, 2.24) is 9.78 Å². The lowest BCUT2D eigenvalue weighted by Gasteiger charge is -2.05. The molecule has 5 nitrogen and oxygen atoms in total. The Kier molecular flexibility index (Phi) is 4.43. The molecule has 1 aromatic carbocycles. The van der Waals surface area contributed by atoms with E-state index in [1.54, 1.807) is 49.8 Å². The molecule has 0 aliphatic rings. The van der Waals surface area contributed by atoms with Crippen LogP contribution >= 0.6 is 11.6 Å². The Morgan fingerprint density at radius 2 is 2.05 bits per heavy atom. The predicted octanol–water partition coefficient (Wildman–Crippen LogP) is 2.62. The first-order valence-electron chi connectivity index (χ1n) is 6.36. The maximum Gasteiger partial charge on any atom is 0.380 e. The lowest BCUT2D eigenvalue weighted by molar-refractivity contribution is -0.139. The van der Waals surface area contributed by atoms with Gasteiger partial charge in [0.2, 0.25) is 0 Å². The number of hydrogen-bond acceptors (Lipinski definition) is 4. The van der Waals surface area contributed by atoms with Crippen LogP contribution in [-0.2, 0) is 23.2 Å². The summed E-state index contributed by atoms with van der Waals surface area (Å²) >= 11 is 5.84. The SMILES string of the molecule is Cc1nn(C)c(C)c1C(=O)C(=O)OCc1cccc(Cl)c1. The maximum atomic E-state index is 12.1. The van der Waals surface area contributed by atoms with Crippen LogP contribution in [0.5, 0.6) is 0 Å². The highest BCUT2D eigenvalue weighted by atomic mass is 35.5. The van der Waals surface area contributed by atoms with Gasteiger partial charge in [-0.15, -0.1) is 0 Å². The van der Waals surface area contributed by atoms with E-state index in [9.17, 15) is 9.59 Å². The number of carbonyl (C=O) groups excluding carboxylic acids is 2. The average Bonchev–Trinajstić information content (AvgIpc) is 2.69. The van der Waals surface area contributed by atoms with E-state index < -0.39 is 11.8 Å². The van der Waals surface area contributed by atoms with Crippen LogP contribution in [0.4, 0.5) is 0 Å². The van der Waals surface area contributed by atoms with E-state index >= 15 is 0 Å². The van der Waals surface area contributed by atoms with Gasteiger partial charge < -0.3 is 4.74 Å². The van der Waals surface area contributed by atoms with Crippen LogP contribution in [0.2, 0.25) is 5.02 Å². The number of hydrogen-bond donors (Lipinski definition) is 0. The molecule has 1 aromatic heterocycles. The summed E-state index contributed by atoms with van der Waals surface area (Å²) in [6.07, 6.45) is 0. The fraction of sp³-hybridized carbons (Fsp3) is 0.267. The van der Waals surface area contributed by atoms with E-state index in [0.717, 1.165) is 5.56 Å². The molecule has 2 rings (SSSR count). The minimum Gasteiger partial charge on any atom is -0.455 e. The van der Waals surface area contributed by atoms with Crippen molar-refractivity contribution in [2.45, 2.75) is 20.5 Å². The first-order valence-corrected chi connectivity index (χ1v) is 6.74. The lowest BCUT2D eigenvalue weighted by Crippen LogP contribution is -2.19. The van der Waals surface area contributed by atoms with E-state index in [1.165, 1.54) is 0 Å². The highest BCUT2D eigenvalue weighted by molar-refractivity contribution is 6.41. The molecule has 6 heteroatoms. The number of aryl methyl sites for hydroxylation is 2. The molecule has 0 aliphatic heterocycles. The number of carbonyl (C=O) groups is 2. The lowest BCUT2D eigenvalue weighted by atomic mass is 10.1. The standard InChI is InChI=1S/C15H15ClN2O3/c1-9-13(10(2)18(3)17-9)14(19)15(20)21-8-11-5-4-6-12(16)7-11/h4-7H,8H2,1-3H3. The number of Topliss-reactive ketones (excluding diaryl/α,β-unsaturated/α-hetero) is 1. The van der Waals surface area contributed by atoms with E-state index in [0.29, 0.717) is 22.0 Å². The highest BCUT2D eigenvalue weighted by Crippen LogP contribution is 2.15. The van der Waals surface area contributed by atoms with Crippen molar-refractivity contribution in [3.63, 3.8) is 0 Å². The average molecular weight is 307 g/mol. The normalized spacial score (nSPS) is 10.5. The fourth-order valence-electron chi connectivity index (χ4n) is 2.05. The van der Waals surface area contributed by atoms with Gasteiger partial charge in [-0.05, 0) is 31.5 Å². The molecule has 0 saturated carbocycles. The molecule has 0 aliphatic carbocycles. The quantitative estimate of drug-likeness (QED) is 0.495. The molecule has 0 N–H and O–H groups in total. The Balaban J connectivity index is 2.08. The zero-order valence-corrected chi connectivity index (χ0v) is 12.8. The second-order valence-corrected chi connectivity index (χ2v) is 5.14. The Morgan fingerprint density at radius 3 is 2.62 bits per heavy atom. The van der Waals surface area contributed by atoms with Gasteiger partial charge in [0, 0.05) is 17.8 Å². The van der Waals surface area contributed by atoms with Crippen molar-refractivity contribution < 1.29 is 14.3 Å². The molecule has 110 valence electrons. The fourth-order valence-corrected chi connectivity index (χ4v) is 2.26. The topological polar surface area (TPSA) is 61.2 Å². The van der Waals surface area contributed by atoms with Crippen molar-refractivity contribution in [3.05, 3.63) is 51.8 Å². The Hall–Kier alpha value is -2.14. The second kappa shape index (κ2) is 6.10. The van der Waals surface area contributed by atoms with E-state index in [1.807, 2.05) is 0 Å². The summed E-state index contributed by atoms with van der Waals surface area (Å²) in [7, 11) is 1.72. The van der Waals surface area contributed by atoms with Crippen LogP contribution in [0, 0.1) is 13.8 Å². The zero-order chi connectivity index (χ0) is 15.6. The van der Waals surface area contributed by atoms with Crippen LogP contribution in [0.1, 0.15) is 27.3 Å². The molecule has 0 amide bonds.